The van der Waals surface area contributed by atoms with Gasteiger partial charge in [0.15, 0.2) is 15.0 Å². The Balaban J connectivity index is 1.48. The SMILES string of the molecule is O=C(CCCS(=O)(=O)c1ccc(F)cc1)N(CC1CCCO1)c1nc2c(F)cccc2s1. The first-order valence-corrected chi connectivity index (χ1v) is 12.8. The predicted molar refractivity (Wildman–Crippen MR) is 119 cm³/mol. The minimum absolute atomic E-state index is 0.0178. The first-order valence-electron chi connectivity index (χ1n) is 10.3. The minimum Gasteiger partial charge on any atom is -0.376 e. The fraction of sp³-hybridized carbons (Fsp3) is 0.364. The number of para-hydroxylation sites is 1. The molecule has 6 nitrogen and oxygen atoms in total. The number of thiazole rings is 1. The van der Waals surface area contributed by atoms with Gasteiger partial charge in [-0.1, -0.05) is 17.4 Å². The van der Waals surface area contributed by atoms with Crippen molar-refractivity contribution >= 4 is 42.4 Å². The average Bonchev–Trinajstić information content (AvgIpc) is 3.42. The van der Waals surface area contributed by atoms with E-state index in [0.717, 1.165) is 25.0 Å². The Kier molecular flexibility index (Phi) is 6.82. The Morgan fingerprint density at radius 3 is 2.66 bits per heavy atom. The van der Waals surface area contributed by atoms with Crippen molar-refractivity contribution < 1.29 is 26.7 Å². The number of carbonyl (C=O) groups excluding carboxylic acids is 1. The van der Waals surface area contributed by atoms with Gasteiger partial charge in [-0.3, -0.25) is 9.69 Å². The van der Waals surface area contributed by atoms with Crippen molar-refractivity contribution in [2.45, 2.75) is 36.7 Å². The molecule has 2 aromatic carbocycles. The quantitative estimate of drug-likeness (QED) is 0.448. The highest BCUT2D eigenvalue weighted by molar-refractivity contribution is 7.91. The van der Waals surface area contributed by atoms with Crippen molar-refractivity contribution in [1.82, 2.24) is 4.98 Å². The molecule has 0 radical (unpaired) electrons. The van der Waals surface area contributed by atoms with Gasteiger partial charge in [0.25, 0.3) is 0 Å². The van der Waals surface area contributed by atoms with Crippen molar-refractivity contribution in [3.63, 3.8) is 0 Å². The zero-order chi connectivity index (χ0) is 22.7. The Hall–Kier alpha value is -2.43. The molecule has 0 aliphatic carbocycles. The number of hydrogen-bond acceptors (Lipinski definition) is 6. The zero-order valence-corrected chi connectivity index (χ0v) is 18.8. The molecule has 2 heterocycles. The lowest BCUT2D eigenvalue weighted by Crippen LogP contribution is -2.37. The van der Waals surface area contributed by atoms with Gasteiger partial charge in [0, 0.05) is 13.0 Å². The number of carbonyl (C=O) groups is 1. The smallest absolute Gasteiger partial charge is 0.228 e. The highest BCUT2D eigenvalue weighted by Crippen LogP contribution is 2.31. The molecule has 170 valence electrons. The van der Waals surface area contributed by atoms with E-state index < -0.39 is 21.5 Å². The van der Waals surface area contributed by atoms with Gasteiger partial charge in [0.05, 0.1) is 28.0 Å². The number of aromatic nitrogens is 1. The number of sulfone groups is 1. The standard InChI is InChI=1S/C22H22F2N2O4S2/c23-15-8-10-17(11-9-15)32(28,29)13-3-7-20(27)26(14-16-4-2-12-30-16)22-25-21-18(24)5-1-6-19(21)31-22/h1,5-6,8-11,16H,2-4,7,12-14H2. The molecule has 1 aliphatic rings. The number of amides is 1. The number of halogens is 2. The summed E-state index contributed by atoms with van der Waals surface area (Å²) in [7, 11) is -3.64. The molecule has 1 fully saturated rings. The van der Waals surface area contributed by atoms with Gasteiger partial charge in [-0.15, -0.1) is 0 Å². The van der Waals surface area contributed by atoms with Crippen LogP contribution in [0, 0.1) is 11.6 Å². The van der Waals surface area contributed by atoms with Gasteiger partial charge >= 0.3 is 0 Å². The highest BCUT2D eigenvalue weighted by atomic mass is 32.2. The van der Waals surface area contributed by atoms with Crippen LogP contribution < -0.4 is 4.90 Å². The second kappa shape index (κ2) is 9.60. The molecule has 3 aromatic rings. The van der Waals surface area contributed by atoms with Gasteiger partial charge in [0.1, 0.15) is 17.2 Å². The van der Waals surface area contributed by atoms with E-state index in [1.54, 1.807) is 12.1 Å². The molecule has 1 aromatic heterocycles. The van der Waals surface area contributed by atoms with Gasteiger partial charge in [0.2, 0.25) is 5.91 Å². The van der Waals surface area contributed by atoms with Crippen LogP contribution in [0.5, 0.6) is 0 Å². The molecule has 1 saturated heterocycles. The van der Waals surface area contributed by atoms with Crippen molar-refractivity contribution in [2.75, 3.05) is 23.8 Å². The number of anilines is 1. The van der Waals surface area contributed by atoms with Crippen LogP contribution in [0.4, 0.5) is 13.9 Å². The second-order valence-electron chi connectivity index (χ2n) is 7.60. The Morgan fingerprint density at radius 2 is 1.97 bits per heavy atom. The van der Waals surface area contributed by atoms with Crippen LogP contribution in [-0.4, -0.2) is 44.3 Å². The maximum Gasteiger partial charge on any atom is 0.228 e. The highest BCUT2D eigenvalue weighted by Gasteiger charge is 2.27. The fourth-order valence-corrected chi connectivity index (χ4v) is 5.92. The summed E-state index contributed by atoms with van der Waals surface area (Å²) in [5.74, 6) is -1.52. The Bertz CT molecular complexity index is 1210. The average molecular weight is 481 g/mol. The van der Waals surface area contributed by atoms with Gasteiger partial charge < -0.3 is 4.74 Å². The Labute approximate surface area is 188 Å². The van der Waals surface area contributed by atoms with E-state index in [4.69, 9.17) is 4.74 Å². The van der Waals surface area contributed by atoms with Crippen LogP contribution in [0.1, 0.15) is 25.7 Å². The van der Waals surface area contributed by atoms with Crippen LogP contribution in [0.3, 0.4) is 0 Å². The van der Waals surface area contributed by atoms with E-state index in [-0.39, 0.29) is 47.6 Å². The zero-order valence-electron chi connectivity index (χ0n) is 17.2. The van der Waals surface area contributed by atoms with E-state index in [1.165, 1.54) is 34.4 Å². The maximum atomic E-state index is 14.1. The van der Waals surface area contributed by atoms with E-state index in [9.17, 15) is 22.0 Å². The van der Waals surface area contributed by atoms with Crippen molar-refractivity contribution in [2.24, 2.45) is 0 Å². The topological polar surface area (TPSA) is 76.6 Å². The summed E-state index contributed by atoms with van der Waals surface area (Å²) in [5, 5.41) is 0.368. The normalized spacial score (nSPS) is 16.5. The van der Waals surface area contributed by atoms with Crippen LogP contribution >= 0.6 is 11.3 Å². The molecule has 0 spiro atoms. The van der Waals surface area contributed by atoms with Crippen LogP contribution in [-0.2, 0) is 19.4 Å². The van der Waals surface area contributed by atoms with Crippen LogP contribution in [0.25, 0.3) is 10.2 Å². The maximum absolute atomic E-state index is 14.1. The van der Waals surface area contributed by atoms with E-state index in [1.807, 2.05) is 0 Å². The molecule has 4 rings (SSSR count). The summed E-state index contributed by atoms with van der Waals surface area (Å²) >= 11 is 1.21. The Morgan fingerprint density at radius 1 is 1.19 bits per heavy atom. The summed E-state index contributed by atoms with van der Waals surface area (Å²) in [6.07, 6.45) is 1.64. The first kappa shape index (κ1) is 22.8. The minimum atomic E-state index is -3.64. The van der Waals surface area contributed by atoms with Gasteiger partial charge in [-0.05, 0) is 55.7 Å². The lowest BCUT2D eigenvalue weighted by molar-refractivity contribution is -0.119. The molecular formula is C22H22F2N2O4S2. The molecule has 1 amide bonds. The summed E-state index contributed by atoms with van der Waals surface area (Å²) in [5.41, 5.74) is 0.205. The van der Waals surface area contributed by atoms with Crippen molar-refractivity contribution in [1.29, 1.82) is 0 Å². The molecule has 10 heteroatoms. The molecule has 1 aliphatic heterocycles. The molecule has 1 atom stereocenters. The molecule has 0 bridgehead atoms. The third-order valence-corrected chi connectivity index (χ3v) is 8.14. The first-order chi connectivity index (χ1) is 15.3. The lowest BCUT2D eigenvalue weighted by atomic mass is 10.2. The van der Waals surface area contributed by atoms with E-state index in [2.05, 4.69) is 4.98 Å². The predicted octanol–water partition coefficient (Wildman–Crippen LogP) is 4.34. The van der Waals surface area contributed by atoms with Crippen LogP contribution in [0.15, 0.2) is 47.4 Å². The second-order valence-corrected chi connectivity index (χ2v) is 10.7. The van der Waals surface area contributed by atoms with Gasteiger partial charge in [-0.2, -0.15) is 0 Å². The third kappa shape index (κ3) is 5.13. The van der Waals surface area contributed by atoms with Crippen molar-refractivity contribution in [3.8, 4) is 0 Å². The monoisotopic (exact) mass is 480 g/mol. The third-order valence-electron chi connectivity index (χ3n) is 5.28. The van der Waals surface area contributed by atoms with E-state index >= 15 is 0 Å². The number of fused-ring (bicyclic) bond motifs is 1. The van der Waals surface area contributed by atoms with Crippen molar-refractivity contribution in [3.05, 3.63) is 54.1 Å². The summed E-state index contributed by atoms with van der Waals surface area (Å²) in [4.78, 5) is 18.9. The number of nitrogens with zero attached hydrogens (tertiary/aromatic N) is 2. The number of benzene rings is 2. The lowest BCUT2D eigenvalue weighted by Gasteiger charge is -2.23. The molecule has 32 heavy (non-hydrogen) atoms. The molecule has 0 saturated carbocycles. The molecule has 1 unspecified atom stereocenters. The summed E-state index contributed by atoms with van der Waals surface area (Å²) in [6, 6.07) is 9.26. The van der Waals surface area contributed by atoms with Gasteiger partial charge in [-0.25, -0.2) is 22.2 Å². The molecule has 0 N–H and O–H groups in total. The molecular weight excluding hydrogens is 458 g/mol. The number of hydrogen-bond donors (Lipinski definition) is 0. The largest absolute Gasteiger partial charge is 0.376 e. The van der Waals surface area contributed by atoms with Crippen LogP contribution in [0.2, 0.25) is 0 Å². The number of rotatable bonds is 8. The summed E-state index contributed by atoms with van der Waals surface area (Å²) in [6.45, 7) is 0.905. The fourth-order valence-electron chi connectivity index (χ4n) is 3.61. The van der Waals surface area contributed by atoms with E-state index in [0.29, 0.717) is 16.4 Å². The number of ether oxygens (including phenoxy) is 1. The summed E-state index contributed by atoms with van der Waals surface area (Å²) < 4.78 is 58.4.